The largest absolute Gasteiger partial charge is 0.496 e. The maximum absolute atomic E-state index is 13.6. The van der Waals surface area contributed by atoms with Crippen LogP contribution in [0, 0.1) is 5.41 Å². The van der Waals surface area contributed by atoms with E-state index in [1.54, 1.807) is 24.1 Å². The lowest BCUT2D eigenvalue weighted by atomic mass is 9.92. The highest BCUT2D eigenvalue weighted by molar-refractivity contribution is 6.30. The number of anilines is 1. The highest BCUT2D eigenvalue weighted by Gasteiger charge is 2.39. The molecule has 0 spiro atoms. The van der Waals surface area contributed by atoms with Crippen molar-refractivity contribution in [2.24, 2.45) is 5.41 Å². The van der Waals surface area contributed by atoms with Crippen molar-refractivity contribution in [2.45, 2.75) is 39.4 Å². The molecular formula is C27H28ClNO5. The Bertz CT molecular complexity index is 1250. The monoisotopic (exact) mass is 481 g/mol. The molecular weight excluding hydrogens is 454 g/mol. The fraction of sp³-hybridized carbons (Fsp3) is 0.333. The zero-order valence-electron chi connectivity index (χ0n) is 19.7. The van der Waals surface area contributed by atoms with E-state index in [1.807, 2.05) is 63.2 Å². The Morgan fingerprint density at radius 1 is 1.09 bits per heavy atom. The summed E-state index contributed by atoms with van der Waals surface area (Å²) in [6, 6.07) is 16.9. The van der Waals surface area contributed by atoms with E-state index >= 15 is 0 Å². The van der Waals surface area contributed by atoms with Gasteiger partial charge < -0.3 is 19.5 Å². The number of fused-ring (bicyclic) bond motifs is 2. The van der Waals surface area contributed by atoms with Crippen LogP contribution in [0.3, 0.4) is 0 Å². The summed E-state index contributed by atoms with van der Waals surface area (Å²) in [6.07, 6.45) is -2.30. The standard InChI is InChI=1S/C27H28ClNO5/c1-27(2,3)15-29-21-11-9-16(28)13-20(21)25(34-23(26(29)32)14-24(30)31)19-10-12-22(33-4)18-8-6-5-7-17(18)19/h5-13,23,25H,14-15H2,1-4H3,(H,30,31)/t23-,25-/m0/s1. The number of carboxylic acids is 1. The molecule has 3 aromatic carbocycles. The summed E-state index contributed by atoms with van der Waals surface area (Å²) in [7, 11) is 1.62. The number of carboxylic acid groups (broad SMARTS) is 1. The fourth-order valence-corrected chi connectivity index (χ4v) is 4.62. The number of methoxy groups -OCH3 is 1. The Balaban J connectivity index is 1.97. The van der Waals surface area contributed by atoms with Gasteiger partial charge in [-0.2, -0.15) is 0 Å². The lowest BCUT2D eigenvalue weighted by Crippen LogP contribution is -2.44. The Kier molecular flexibility index (Phi) is 6.56. The van der Waals surface area contributed by atoms with E-state index in [2.05, 4.69) is 0 Å². The number of ether oxygens (including phenoxy) is 2. The molecule has 1 aliphatic rings. The van der Waals surface area contributed by atoms with Gasteiger partial charge in [0.15, 0.2) is 0 Å². The predicted octanol–water partition coefficient (Wildman–Crippen LogP) is 5.84. The third-order valence-electron chi connectivity index (χ3n) is 5.82. The van der Waals surface area contributed by atoms with Crippen LogP contribution in [0.4, 0.5) is 5.69 Å². The maximum Gasteiger partial charge on any atom is 0.306 e. The number of halogens is 1. The molecule has 1 heterocycles. The number of hydrogen-bond donors (Lipinski definition) is 1. The summed E-state index contributed by atoms with van der Waals surface area (Å²) < 4.78 is 11.9. The number of benzene rings is 3. The molecule has 1 N–H and O–H groups in total. The number of hydrogen-bond acceptors (Lipinski definition) is 4. The van der Waals surface area contributed by atoms with Crippen molar-refractivity contribution in [3.63, 3.8) is 0 Å². The van der Waals surface area contributed by atoms with Crippen molar-refractivity contribution < 1.29 is 24.2 Å². The van der Waals surface area contributed by atoms with Crippen molar-refractivity contribution in [1.29, 1.82) is 0 Å². The minimum absolute atomic E-state index is 0.229. The second kappa shape index (κ2) is 9.28. The molecule has 0 aliphatic carbocycles. The van der Waals surface area contributed by atoms with Gasteiger partial charge >= 0.3 is 5.97 Å². The van der Waals surface area contributed by atoms with Crippen LogP contribution in [0.25, 0.3) is 10.8 Å². The van der Waals surface area contributed by atoms with Gasteiger partial charge in [0.05, 0.1) is 13.5 Å². The first-order valence-corrected chi connectivity index (χ1v) is 11.5. The summed E-state index contributed by atoms with van der Waals surface area (Å²) >= 11 is 6.41. The molecule has 0 saturated heterocycles. The number of aliphatic carboxylic acids is 1. The van der Waals surface area contributed by atoms with E-state index in [4.69, 9.17) is 21.1 Å². The second-order valence-electron chi connectivity index (χ2n) is 9.69. The van der Waals surface area contributed by atoms with Gasteiger partial charge in [-0.05, 0) is 40.6 Å². The number of nitrogens with zero attached hydrogens (tertiary/aromatic N) is 1. The quantitative estimate of drug-likeness (QED) is 0.495. The maximum atomic E-state index is 13.6. The molecule has 0 unspecified atom stereocenters. The first-order valence-electron chi connectivity index (χ1n) is 11.1. The Hall–Kier alpha value is -3.09. The Morgan fingerprint density at radius 2 is 1.79 bits per heavy atom. The van der Waals surface area contributed by atoms with Gasteiger partial charge in [0.2, 0.25) is 0 Å². The molecule has 6 nitrogen and oxygen atoms in total. The van der Waals surface area contributed by atoms with Crippen LogP contribution in [-0.4, -0.2) is 36.7 Å². The molecule has 0 bridgehead atoms. The first kappa shape index (κ1) is 24.0. The molecule has 178 valence electrons. The van der Waals surface area contributed by atoms with Crippen molar-refractivity contribution in [3.8, 4) is 5.75 Å². The lowest BCUT2D eigenvalue weighted by molar-refractivity contribution is -0.147. The van der Waals surface area contributed by atoms with Crippen LogP contribution in [0.2, 0.25) is 5.02 Å². The van der Waals surface area contributed by atoms with E-state index in [0.29, 0.717) is 28.6 Å². The molecule has 3 aromatic rings. The molecule has 1 amide bonds. The molecule has 0 fully saturated rings. The lowest BCUT2D eigenvalue weighted by Gasteiger charge is -2.31. The van der Waals surface area contributed by atoms with Gasteiger partial charge in [-0.25, -0.2) is 0 Å². The summed E-state index contributed by atoms with van der Waals surface area (Å²) in [5.41, 5.74) is 1.96. The molecule has 7 heteroatoms. The normalized spacial score (nSPS) is 18.5. The van der Waals surface area contributed by atoms with Crippen LogP contribution < -0.4 is 9.64 Å². The van der Waals surface area contributed by atoms with Gasteiger partial charge in [-0.3, -0.25) is 9.59 Å². The molecule has 2 atom stereocenters. The van der Waals surface area contributed by atoms with Crippen LogP contribution in [0.5, 0.6) is 5.75 Å². The summed E-state index contributed by atoms with van der Waals surface area (Å²) in [5, 5.41) is 11.9. The van der Waals surface area contributed by atoms with E-state index < -0.39 is 24.6 Å². The number of carbonyl (C=O) groups excluding carboxylic acids is 1. The molecule has 4 rings (SSSR count). The van der Waals surface area contributed by atoms with Gasteiger partial charge in [-0.15, -0.1) is 0 Å². The molecule has 34 heavy (non-hydrogen) atoms. The minimum Gasteiger partial charge on any atom is -0.496 e. The third-order valence-corrected chi connectivity index (χ3v) is 6.05. The summed E-state index contributed by atoms with van der Waals surface area (Å²) in [6.45, 7) is 6.49. The SMILES string of the molecule is COc1ccc([C@@H]2O[C@@H](CC(=O)O)C(=O)N(CC(C)(C)C)c3ccc(Cl)cc32)c2ccccc12. The molecule has 1 aliphatic heterocycles. The second-order valence-corrected chi connectivity index (χ2v) is 10.1. The summed E-state index contributed by atoms with van der Waals surface area (Å²) in [4.78, 5) is 27.0. The van der Waals surface area contributed by atoms with Gasteiger partial charge in [0, 0.05) is 28.2 Å². The van der Waals surface area contributed by atoms with Crippen LogP contribution in [-0.2, 0) is 14.3 Å². The van der Waals surface area contributed by atoms with Crippen molar-refractivity contribution in [3.05, 3.63) is 70.7 Å². The Morgan fingerprint density at radius 3 is 2.44 bits per heavy atom. The molecule has 0 saturated carbocycles. The van der Waals surface area contributed by atoms with Gasteiger partial charge in [0.25, 0.3) is 5.91 Å². The third kappa shape index (κ3) is 4.74. The molecule has 0 radical (unpaired) electrons. The highest BCUT2D eigenvalue weighted by atomic mass is 35.5. The van der Waals surface area contributed by atoms with E-state index in [1.165, 1.54) is 0 Å². The van der Waals surface area contributed by atoms with E-state index in [0.717, 1.165) is 16.3 Å². The van der Waals surface area contributed by atoms with Crippen molar-refractivity contribution >= 4 is 39.9 Å². The summed E-state index contributed by atoms with van der Waals surface area (Å²) in [5.74, 6) is -0.760. The smallest absolute Gasteiger partial charge is 0.306 e. The highest BCUT2D eigenvalue weighted by Crippen LogP contribution is 2.43. The topological polar surface area (TPSA) is 76.1 Å². The van der Waals surface area contributed by atoms with Gasteiger partial charge in [0.1, 0.15) is 18.0 Å². The first-order chi connectivity index (χ1) is 16.1. The average Bonchev–Trinajstić information content (AvgIpc) is 2.87. The zero-order valence-corrected chi connectivity index (χ0v) is 20.4. The van der Waals surface area contributed by atoms with Crippen LogP contribution in [0.1, 0.15) is 44.4 Å². The predicted molar refractivity (Wildman–Crippen MR) is 133 cm³/mol. The molecule has 0 aromatic heterocycles. The van der Waals surface area contributed by atoms with Crippen molar-refractivity contribution in [1.82, 2.24) is 0 Å². The van der Waals surface area contributed by atoms with E-state index in [-0.39, 0.29) is 11.3 Å². The van der Waals surface area contributed by atoms with Crippen molar-refractivity contribution in [2.75, 3.05) is 18.6 Å². The van der Waals surface area contributed by atoms with E-state index in [9.17, 15) is 14.7 Å². The van der Waals surface area contributed by atoms with Crippen LogP contribution >= 0.6 is 11.6 Å². The Labute approximate surface area is 204 Å². The average molecular weight is 482 g/mol. The number of rotatable bonds is 5. The number of amides is 1. The fourth-order valence-electron chi connectivity index (χ4n) is 4.44. The van der Waals surface area contributed by atoms with Gasteiger partial charge in [-0.1, -0.05) is 62.7 Å². The van der Waals surface area contributed by atoms with Crippen LogP contribution in [0.15, 0.2) is 54.6 Å². The zero-order chi connectivity index (χ0) is 24.6. The number of carbonyl (C=O) groups is 2. The minimum atomic E-state index is -1.16.